The highest BCUT2D eigenvalue weighted by Crippen LogP contribution is 2.34. The van der Waals surface area contributed by atoms with Gasteiger partial charge >= 0.3 is 0 Å². The van der Waals surface area contributed by atoms with E-state index in [1.165, 1.54) is 6.33 Å². The molecular formula is C24H23FN6O. The number of aromatic nitrogens is 3. The second-order valence-corrected chi connectivity index (χ2v) is 8.73. The summed E-state index contributed by atoms with van der Waals surface area (Å²) in [6.45, 7) is 2.47. The number of benzene rings is 1. The number of terminal acetylenes is 1. The molecule has 0 amide bonds. The van der Waals surface area contributed by atoms with Crippen molar-refractivity contribution in [2.45, 2.75) is 31.3 Å². The normalized spacial score (nSPS) is 21.7. The predicted molar refractivity (Wildman–Crippen MR) is 121 cm³/mol. The molecule has 0 spiro atoms. The Morgan fingerprint density at radius 1 is 1.25 bits per heavy atom. The first-order chi connectivity index (χ1) is 15.7. The Balaban J connectivity index is 1.32. The molecule has 32 heavy (non-hydrogen) atoms. The van der Waals surface area contributed by atoms with Crippen LogP contribution in [0.1, 0.15) is 24.8 Å². The minimum atomic E-state index is -0.536. The van der Waals surface area contributed by atoms with Gasteiger partial charge in [0.15, 0.2) is 11.6 Å². The van der Waals surface area contributed by atoms with Crippen molar-refractivity contribution in [2.75, 3.05) is 29.9 Å². The fraction of sp³-hybridized carbons (Fsp3) is 0.375. The number of hydrogen-bond acceptors (Lipinski definition) is 7. The Labute approximate surface area is 185 Å². The minimum absolute atomic E-state index is 0.114. The Hall–Kier alpha value is -3.44. The zero-order valence-corrected chi connectivity index (χ0v) is 17.5. The Bertz CT molecular complexity index is 1240. The van der Waals surface area contributed by atoms with Gasteiger partial charge in [-0.2, -0.15) is 0 Å². The summed E-state index contributed by atoms with van der Waals surface area (Å²) in [6.07, 6.45) is 10.5. The summed E-state index contributed by atoms with van der Waals surface area (Å²) in [5.74, 6) is 4.17. The minimum Gasteiger partial charge on any atom is -0.492 e. The van der Waals surface area contributed by atoms with Crippen LogP contribution in [-0.4, -0.2) is 46.7 Å². The maximum atomic E-state index is 15.2. The van der Waals surface area contributed by atoms with Gasteiger partial charge in [0.2, 0.25) is 0 Å². The molecule has 7 nitrogen and oxygen atoms in total. The lowest BCUT2D eigenvalue weighted by atomic mass is 10.1. The van der Waals surface area contributed by atoms with E-state index >= 15 is 4.39 Å². The highest BCUT2D eigenvalue weighted by molar-refractivity contribution is 5.88. The fourth-order valence-electron chi connectivity index (χ4n) is 4.55. The predicted octanol–water partition coefficient (Wildman–Crippen LogP) is 3.23. The number of pyridine rings is 1. The number of fused-ring (bicyclic) bond motifs is 3. The topological polar surface area (TPSA) is 75.2 Å². The summed E-state index contributed by atoms with van der Waals surface area (Å²) in [6, 6.07) is 8.22. The van der Waals surface area contributed by atoms with E-state index in [2.05, 4.69) is 31.4 Å². The average molecular weight is 430 g/mol. The van der Waals surface area contributed by atoms with Crippen LogP contribution in [0.3, 0.4) is 0 Å². The molecule has 2 aliphatic heterocycles. The third-order valence-electron chi connectivity index (χ3n) is 6.49. The molecule has 2 N–H and O–H groups in total. The number of ether oxygens (including phenoxy) is 1. The van der Waals surface area contributed by atoms with Gasteiger partial charge in [0.25, 0.3) is 0 Å². The van der Waals surface area contributed by atoms with E-state index in [1.807, 2.05) is 12.1 Å². The molecule has 3 aromatic rings. The molecule has 6 rings (SSSR count). The standard InChI is InChI=1S/C24H23FN6O/c1-2-17-20(32-12-14-3-4-14)7-5-18(22(17)25)29-24-23-19(27-13-28-24)6-8-21(30-23)31-11-15-9-16(31)10-26-15/h1,5-8,13-16,26H,3-4,9-12H2,(H,27,28,29)/t15-,16-/m0/s1. The van der Waals surface area contributed by atoms with Gasteiger partial charge in [0.05, 0.1) is 17.8 Å². The maximum Gasteiger partial charge on any atom is 0.166 e. The fourth-order valence-corrected chi connectivity index (χ4v) is 4.55. The van der Waals surface area contributed by atoms with E-state index in [9.17, 15) is 0 Å². The van der Waals surface area contributed by atoms with Gasteiger partial charge in [0, 0.05) is 25.2 Å². The number of nitrogens with one attached hydrogen (secondary N) is 2. The molecule has 3 fully saturated rings. The summed E-state index contributed by atoms with van der Waals surface area (Å²) in [5.41, 5.74) is 1.63. The molecule has 4 heterocycles. The SMILES string of the molecule is C#Cc1c(OCC2CC2)ccc(Nc2ncnc3ccc(N4C[C@@H]5C[C@H]4CN5)nc23)c1F. The van der Waals surface area contributed by atoms with E-state index in [0.717, 1.165) is 38.2 Å². The Morgan fingerprint density at radius 2 is 2.16 bits per heavy atom. The van der Waals surface area contributed by atoms with Gasteiger partial charge in [-0.05, 0) is 49.4 Å². The van der Waals surface area contributed by atoms with E-state index < -0.39 is 5.82 Å². The van der Waals surface area contributed by atoms with Crippen LogP contribution in [0.25, 0.3) is 11.0 Å². The molecule has 0 unspecified atom stereocenters. The molecule has 2 aromatic heterocycles. The monoisotopic (exact) mass is 430 g/mol. The van der Waals surface area contributed by atoms with Crippen LogP contribution in [0.15, 0.2) is 30.6 Å². The van der Waals surface area contributed by atoms with E-state index in [4.69, 9.17) is 16.1 Å². The first-order valence-electron chi connectivity index (χ1n) is 11.0. The van der Waals surface area contributed by atoms with Crippen molar-refractivity contribution in [1.82, 2.24) is 20.3 Å². The van der Waals surface area contributed by atoms with Gasteiger partial charge < -0.3 is 20.3 Å². The van der Waals surface area contributed by atoms with Gasteiger partial charge in [-0.3, -0.25) is 0 Å². The van der Waals surface area contributed by atoms with Crippen molar-refractivity contribution in [3.8, 4) is 18.1 Å². The van der Waals surface area contributed by atoms with Gasteiger partial charge in [0.1, 0.15) is 29.0 Å². The van der Waals surface area contributed by atoms with Gasteiger partial charge in [-0.1, -0.05) is 5.92 Å². The first kappa shape index (κ1) is 19.3. The molecular weight excluding hydrogens is 407 g/mol. The van der Waals surface area contributed by atoms with Crippen molar-refractivity contribution in [2.24, 2.45) is 5.92 Å². The van der Waals surface area contributed by atoms with E-state index in [-0.39, 0.29) is 11.3 Å². The number of rotatable bonds is 6. The number of piperazine rings is 1. The summed E-state index contributed by atoms with van der Waals surface area (Å²) in [7, 11) is 0. The first-order valence-corrected chi connectivity index (χ1v) is 11.0. The average Bonchev–Trinajstić information content (AvgIpc) is 3.40. The summed E-state index contributed by atoms with van der Waals surface area (Å²) in [5, 5.41) is 6.58. The van der Waals surface area contributed by atoms with Crippen molar-refractivity contribution >= 4 is 28.4 Å². The highest BCUT2D eigenvalue weighted by Gasteiger charge is 2.38. The molecule has 2 atom stereocenters. The lowest BCUT2D eigenvalue weighted by molar-refractivity contribution is 0.297. The summed E-state index contributed by atoms with van der Waals surface area (Å²) >= 11 is 0. The van der Waals surface area contributed by atoms with Gasteiger partial charge in [-0.15, -0.1) is 6.42 Å². The van der Waals surface area contributed by atoms with Crippen molar-refractivity contribution in [1.29, 1.82) is 0 Å². The molecule has 1 aromatic carbocycles. The highest BCUT2D eigenvalue weighted by atomic mass is 19.1. The van der Waals surface area contributed by atoms with Crippen LogP contribution >= 0.6 is 0 Å². The zero-order chi connectivity index (χ0) is 21.7. The van der Waals surface area contributed by atoms with Crippen LogP contribution in [-0.2, 0) is 0 Å². The molecule has 162 valence electrons. The van der Waals surface area contributed by atoms with Crippen molar-refractivity contribution < 1.29 is 9.13 Å². The molecule has 0 radical (unpaired) electrons. The maximum absolute atomic E-state index is 15.2. The molecule has 1 aliphatic carbocycles. The van der Waals surface area contributed by atoms with Crippen LogP contribution in [0.5, 0.6) is 5.75 Å². The van der Waals surface area contributed by atoms with Gasteiger partial charge in [-0.25, -0.2) is 19.3 Å². The van der Waals surface area contributed by atoms with Crippen molar-refractivity contribution in [3.05, 3.63) is 42.0 Å². The number of nitrogens with zero attached hydrogens (tertiary/aromatic N) is 4. The van der Waals surface area contributed by atoms with Crippen LogP contribution in [0, 0.1) is 24.1 Å². The quantitative estimate of drug-likeness (QED) is 0.582. The number of halogens is 1. The zero-order valence-electron chi connectivity index (χ0n) is 17.5. The van der Waals surface area contributed by atoms with Crippen LogP contribution < -0.4 is 20.3 Å². The Morgan fingerprint density at radius 3 is 2.91 bits per heavy atom. The largest absolute Gasteiger partial charge is 0.492 e. The van der Waals surface area contributed by atoms with Crippen molar-refractivity contribution in [3.63, 3.8) is 0 Å². The molecule has 3 aliphatic rings. The molecule has 2 bridgehead atoms. The van der Waals surface area contributed by atoms with E-state index in [0.29, 0.717) is 47.2 Å². The summed E-state index contributed by atoms with van der Waals surface area (Å²) < 4.78 is 21.0. The van der Waals surface area contributed by atoms with E-state index in [1.54, 1.807) is 12.1 Å². The lowest BCUT2D eigenvalue weighted by Gasteiger charge is -2.28. The molecule has 2 saturated heterocycles. The second kappa shape index (κ2) is 7.61. The molecule has 8 heteroatoms. The molecule has 1 saturated carbocycles. The third-order valence-corrected chi connectivity index (χ3v) is 6.49. The second-order valence-electron chi connectivity index (χ2n) is 8.73. The van der Waals surface area contributed by atoms with Crippen LogP contribution in [0.4, 0.5) is 21.7 Å². The number of anilines is 3. The summed E-state index contributed by atoms with van der Waals surface area (Å²) in [4.78, 5) is 15.8. The number of hydrogen-bond donors (Lipinski definition) is 2. The smallest absolute Gasteiger partial charge is 0.166 e. The third kappa shape index (κ3) is 3.39. The van der Waals surface area contributed by atoms with Crippen LogP contribution in [0.2, 0.25) is 0 Å². The Kier molecular flexibility index (Phi) is 4.58. The lowest BCUT2D eigenvalue weighted by Crippen LogP contribution is -2.44.